The van der Waals surface area contributed by atoms with Crippen LogP contribution in [-0.4, -0.2) is 36.6 Å². The number of benzene rings is 1. The van der Waals surface area contributed by atoms with E-state index in [-0.39, 0.29) is 12.2 Å². The molecule has 0 aliphatic carbocycles. The third-order valence-electron chi connectivity index (χ3n) is 3.57. The van der Waals surface area contributed by atoms with Crippen LogP contribution in [0.4, 0.5) is 0 Å². The molecule has 2 aromatic heterocycles. The maximum atomic E-state index is 12.6. The van der Waals surface area contributed by atoms with E-state index in [1.807, 2.05) is 28.7 Å². The van der Waals surface area contributed by atoms with Gasteiger partial charge in [0.1, 0.15) is 0 Å². The standard InChI is InChI=1S/C16H18N4O2S/c1-2-9-19-14(22)12-7-3-4-8-13(12)20-15(19)17-18-16(20)23-11-6-5-10-21/h2-4,7-8,21H,1,5-6,9-11H2. The zero-order valence-electron chi connectivity index (χ0n) is 12.7. The Morgan fingerprint density at radius 1 is 1.26 bits per heavy atom. The number of nitrogens with zero attached hydrogens (tertiary/aromatic N) is 4. The van der Waals surface area contributed by atoms with E-state index in [0.29, 0.717) is 17.7 Å². The fourth-order valence-electron chi connectivity index (χ4n) is 2.50. The predicted molar refractivity (Wildman–Crippen MR) is 92.0 cm³/mol. The van der Waals surface area contributed by atoms with Crippen LogP contribution in [0.15, 0.2) is 46.9 Å². The average Bonchev–Trinajstić information content (AvgIpc) is 2.99. The fraction of sp³-hybridized carbons (Fsp3) is 0.312. The summed E-state index contributed by atoms with van der Waals surface area (Å²) in [4.78, 5) is 12.6. The van der Waals surface area contributed by atoms with E-state index in [1.165, 1.54) is 0 Å². The van der Waals surface area contributed by atoms with Gasteiger partial charge in [-0.15, -0.1) is 16.8 Å². The number of fused-ring (bicyclic) bond motifs is 3. The Balaban J connectivity index is 2.17. The van der Waals surface area contributed by atoms with E-state index in [1.54, 1.807) is 22.4 Å². The number of hydrogen-bond acceptors (Lipinski definition) is 5. The van der Waals surface area contributed by atoms with E-state index in [4.69, 9.17) is 5.11 Å². The Bertz CT molecular complexity index is 900. The SMILES string of the molecule is C=CCn1c(=O)c2ccccc2n2c(SCCCCO)nnc12. The maximum Gasteiger partial charge on any atom is 0.263 e. The van der Waals surface area contributed by atoms with Crippen molar-refractivity contribution in [1.29, 1.82) is 0 Å². The lowest BCUT2D eigenvalue weighted by Crippen LogP contribution is -2.22. The molecule has 0 spiro atoms. The van der Waals surface area contributed by atoms with Gasteiger partial charge in [0, 0.05) is 18.9 Å². The summed E-state index contributed by atoms with van der Waals surface area (Å²) >= 11 is 1.58. The Morgan fingerprint density at radius 3 is 2.87 bits per heavy atom. The van der Waals surface area contributed by atoms with E-state index >= 15 is 0 Å². The van der Waals surface area contributed by atoms with Gasteiger partial charge in [0.15, 0.2) is 5.16 Å². The first-order valence-corrected chi connectivity index (χ1v) is 8.47. The van der Waals surface area contributed by atoms with Gasteiger partial charge >= 0.3 is 0 Å². The number of unbranched alkanes of at least 4 members (excludes halogenated alkanes) is 1. The van der Waals surface area contributed by atoms with Crippen molar-refractivity contribution in [3.8, 4) is 0 Å². The van der Waals surface area contributed by atoms with Crippen LogP contribution in [0.2, 0.25) is 0 Å². The minimum atomic E-state index is -0.0859. The molecule has 0 aliphatic rings. The summed E-state index contributed by atoms with van der Waals surface area (Å²) in [6.45, 7) is 4.30. The van der Waals surface area contributed by atoms with Gasteiger partial charge in [0.25, 0.3) is 5.56 Å². The zero-order chi connectivity index (χ0) is 16.2. The molecule has 23 heavy (non-hydrogen) atoms. The lowest BCUT2D eigenvalue weighted by molar-refractivity contribution is 0.287. The van der Waals surface area contributed by atoms with Gasteiger partial charge in [-0.25, -0.2) is 0 Å². The van der Waals surface area contributed by atoms with Gasteiger partial charge < -0.3 is 5.11 Å². The van der Waals surface area contributed by atoms with Crippen LogP contribution < -0.4 is 5.56 Å². The van der Waals surface area contributed by atoms with E-state index < -0.39 is 0 Å². The normalized spacial score (nSPS) is 11.3. The van der Waals surface area contributed by atoms with Crippen molar-refractivity contribution in [1.82, 2.24) is 19.2 Å². The van der Waals surface area contributed by atoms with Gasteiger partial charge in [-0.1, -0.05) is 30.0 Å². The molecule has 0 saturated heterocycles. The van der Waals surface area contributed by atoms with E-state index in [9.17, 15) is 4.79 Å². The van der Waals surface area contributed by atoms with Crippen LogP contribution in [-0.2, 0) is 6.54 Å². The van der Waals surface area contributed by atoms with E-state index in [2.05, 4.69) is 16.8 Å². The Morgan fingerprint density at radius 2 is 2.09 bits per heavy atom. The van der Waals surface area contributed by atoms with Gasteiger partial charge in [-0.05, 0) is 25.0 Å². The molecule has 0 radical (unpaired) electrons. The summed E-state index contributed by atoms with van der Waals surface area (Å²) in [6.07, 6.45) is 3.35. The molecule has 0 aliphatic heterocycles. The summed E-state index contributed by atoms with van der Waals surface area (Å²) in [5.74, 6) is 1.37. The highest BCUT2D eigenvalue weighted by molar-refractivity contribution is 7.99. The molecule has 3 rings (SSSR count). The molecule has 7 heteroatoms. The predicted octanol–water partition coefficient (Wildman–Crippen LogP) is 2.09. The first-order chi connectivity index (χ1) is 11.3. The molecule has 0 amide bonds. The minimum absolute atomic E-state index is 0.0859. The molecule has 0 unspecified atom stereocenters. The largest absolute Gasteiger partial charge is 0.396 e. The Hall–Kier alpha value is -2.12. The van der Waals surface area contributed by atoms with Crippen molar-refractivity contribution in [3.63, 3.8) is 0 Å². The third kappa shape index (κ3) is 2.89. The van der Waals surface area contributed by atoms with Crippen LogP contribution in [0.5, 0.6) is 0 Å². The second kappa shape index (κ2) is 6.97. The molecule has 0 saturated carbocycles. The minimum Gasteiger partial charge on any atom is -0.396 e. The van der Waals surface area contributed by atoms with Crippen molar-refractivity contribution in [2.45, 2.75) is 24.5 Å². The summed E-state index contributed by atoms with van der Waals surface area (Å²) in [6, 6.07) is 7.48. The summed E-state index contributed by atoms with van der Waals surface area (Å²) < 4.78 is 3.50. The van der Waals surface area contributed by atoms with Crippen LogP contribution in [0, 0.1) is 0 Å². The van der Waals surface area contributed by atoms with Crippen molar-refractivity contribution >= 4 is 28.4 Å². The lowest BCUT2D eigenvalue weighted by atomic mass is 10.2. The number of aliphatic hydroxyl groups is 1. The summed E-state index contributed by atoms with van der Waals surface area (Å²) in [7, 11) is 0. The molecule has 2 heterocycles. The van der Waals surface area contributed by atoms with Crippen LogP contribution in [0.25, 0.3) is 16.7 Å². The van der Waals surface area contributed by atoms with Gasteiger partial charge in [-0.3, -0.25) is 13.8 Å². The van der Waals surface area contributed by atoms with Crippen LogP contribution in [0.1, 0.15) is 12.8 Å². The van der Waals surface area contributed by atoms with Crippen molar-refractivity contribution in [2.24, 2.45) is 0 Å². The Labute approximate surface area is 137 Å². The maximum absolute atomic E-state index is 12.6. The third-order valence-corrected chi connectivity index (χ3v) is 4.59. The first kappa shape index (κ1) is 15.8. The number of thioether (sulfide) groups is 1. The quantitative estimate of drug-likeness (QED) is 0.408. The summed E-state index contributed by atoms with van der Waals surface area (Å²) in [5, 5.41) is 18.7. The number of allylic oxidation sites excluding steroid dienone is 1. The molecule has 1 N–H and O–H groups in total. The highest BCUT2D eigenvalue weighted by Crippen LogP contribution is 2.22. The molecule has 1 aromatic carbocycles. The van der Waals surface area contributed by atoms with Crippen molar-refractivity contribution < 1.29 is 5.11 Å². The van der Waals surface area contributed by atoms with Gasteiger partial charge in [-0.2, -0.15) is 0 Å². The fourth-order valence-corrected chi connectivity index (χ4v) is 3.44. The van der Waals surface area contributed by atoms with E-state index in [0.717, 1.165) is 29.3 Å². The highest BCUT2D eigenvalue weighted by atomic mass is 32.2. The number of para-hydroxylation sites is 1. The number of rotatable bonds is 7. The Kier molecular flexibility index (Phi) is 4.78. The monoisotopic (exact) mass is 330 g/mol. The van der Waals surface area contributed by atoms with Crippen molar-refractivity contribution in [2.75, 3.05) is 12.4 Å². The number of aromatic nitrogens is 4. The van der Waals surface area contributed by atoms with Crippen LogP contribution >= 0.6 is 11.8 Å². The smallest absolute Gasteiger partial charge is 0.263 e. The molecule has 120 valence electrons. The van der Waals surface area contributed by atoms with Gasteiger partial charge in [0.05, 0.1) is 10.9 Å². The molecule has 6 nitrogen and oxygen atoms in total. The molecular formula is C16H18N4O2S. The molecular weight excluding hydrogens is 312 g/mol. The molecule has 0 bridgehead atoms. The first-order valence-electron chi connectivity index (χ1n) is 7.49. The second-order valence-electron chi connectivity index (χ2n) is 5.12. The lowest BCUT2D eigenvalue weighted by Gasteiger charge is -2.09. The topological polar surface area (TPSA) is 72.4 Å². The van der Waals surface area contributed by atoms with Crippen LogP contribution in [0.3, 0.4) is 0 Å². The highest BCUT2D eigenvalue weighted by Gasteiger charge is 2.15. The molecule has 0 atom stereocenters. The number of aliphatic hydroxyl groups excluding tert-OH is 1. The summed E-state index contributed by atoms with van der Waals surface area (Å²) in [5.41, 5.74) is 0.722. The second-order valence-corrected chi connectivity index (χ2v) is 6.18. The van der Waals surface area contributed by atoms with Gasteiger partial charge in [0.2, 0.25) is 5.78 Å². The molecule has 0 fully saturated rings. The molecule has 3 aromatic rings. The van der Waals surface area contributed by atoms with Crippen molar-refractivity contribution in [3.05, 3.63) is 47.3 Å². The zero-order valence-corrected chi connectivity index (χ0v) is 13.5. The number of hydrogen-bond donors (Lipinski definition) is 1. The average molecular weight is 330 g/mol.